The maximum absolute atomic E-state index is 13.0. The number of hydrogen-bond donors (Lipinski definition) is 2. The van der Waals surface area contributed by atoms with E-state index in [0.717, 1.165) is 35.3 Å². The smallest absolute Gasteiger partial charge is 0.279 e. The molecule has 0 saturated carbocycles. The lowest BCUT2D eigenvalue weighted by molar-refractivity contribution is -0.133. The summed E-state index contributed by atoms with van der Waals surface area (Å²) < 4.78 is 29.4. The molecule has 0 unspecified atom stereocenters. The van der Waals surface area contributed by atoms with Crippen LogP contribution in [0, 0.1) is 0 Å². The van der Waals surface area contributed by atoms with E-state index in [-0.39, 0.29) is 12.5 Å². The second-order valence-electron chi connectivity index (χ2n) is 8.87. The van der Waals surface area contributed by atoms with Gasteiger partial charge in [0.2, 0.25) is 5.91 Å². The second kappa shape index (κ2) is 10.5. The molecular weight excluding hydrogens is 497 g/mol. The molecule has 1 atom stereocenters. The summed E-state index contributed by atoms with van der Waals surface area (Å²) in [4.78, 5) is 16.8. The van der Waals surface area contributed by atoms with E-state index in [1.165, 1.54) is 4.31 Å². The van der Waals surface area contributed by atoms with Crippen LogP contribution in [0.3, 0.4) is 0 Å². The number of carbonyl (C=O) groups is 1. The van der Waals surface area contributed by atoms with Crippen molar-refractivity contribution in [3.05, 3.63) is 68.7 Å². The van der Waals surface area contributed by atoms with Crippen LogP contribution in [0.2, 0.25) is 10.0 Å². The number of rotatable bonds is 7. The maximum Gasteiger partial charge on any atom is 0.279 e. The number of benzene rings is 2. The molecule has 1 fully saturated rings. The molecule has 8 nitrogen and oxygen atoms in total. The number of nitrogens with zero attached hydrogens (tertiary/aromatic N) is 3. The van der Waals surface area contributed by atoms with Crippen LogP contribution >= 0.6 is 23.2 Å². The Bertz CT molecular complexity index is 1170. The van der Waals surface area contributed by atoms with Gasteiger partial charge in [0.1, 0.15) is 0 Å². The molecule has 3 N–H and O–H groups in total. The first-order valence-corrected chi connectivity index (χ1v) is 13.3. The Labute approximate surface area is 210 Å². The van der Waals surface area contributed by atoms with E-state index in [1.807, 2.05) is 25.2 Å². The van der Waals surface area contributed by atoms with Crippen molar-refractivity contribution < 1.29 is 13.2 Å². The molecule has 1 saturated heterocycles. The maximum atomic E-state index is 13.0. The third-order valence-corrected chi connectivity index (χ3v) is 8.48. The first kappa shape index (κ1) is 25.4. The molecule has 4 rings (SSSR count). The van der Waals surface area contributed by atoms with Gasteiger partial charge in [-0.15, -0.1) is 0 Å². The van der Waals surface area contributed by atoms with Gasteiger partial charge < -0.3 is 15.5 Å². The zero-order valence-corrected chi connectivity index (χ0v) is 21.3. The van der Waals surface area contributed by atoms with Crippen molar-refractivity contribution in [1.29, 1.82) is 0 Å². The lowest BCUT2D eigenvalue weighted by Crippen LogP contribution is -2.50. The van der Waals surface area contributed by atoms with Gasteiger partial charge in [-0.1, -0.05) is 47.5 Å². The molecular formula is C23H29Cl2N5O3S. The fourth-order valence-electron chi connectivity index (χ4n) is 4.25. The lowest BCUT2D eigenvalue weighted by atomic mass is 10.1. The Hall–Kier alpha value is -1.72. The molecule has 184 valence electrons. The van der Waals surface area contributed by atoms with E-state index in [4.69, 9.17) is 28.9 Å². The predicted molar refractivity (Wildman–Crippen MR) is 134 cm³/mol. The Morgan fingerprint density at radius 1 is 1.06 bits per heavy atom. The average Bonchev–Trinajstić information content (AvgIpc) is 3.23. The van der Waals surface area contributed by atoms with Crippen LogP contribution in [-0.4, -0.2) is 67.7 Å². The van der Waals surface area contributed by atoms with Crippen molar-refractivity contribution in [2.45, 2.75) is 32.1 Å². The molecule has 0 aromatic heterocycles. The molecule has 34 heavy (non-hydrogen) atoms. The number of fused-ring (bicyclic) bond motifs is 1. The van der Waals surface area contributed by atoms with Gasteiger partial charge >= 0.3 is 0 Å². The lowest BCUT2D eigenvalue weighted by Gasteiger charge is -2.31. The molecule has 2 aromatic rings. The van der Waals surface area contributed by atoms with Gasteiger partial charge in [-0.2, -0.15) is 17.4 Å². The topological polar surface area (TPSA) is 99.0 Å². The number of likely N-dealkylation sites (N-methyl/N-ethyl adjacent to an activating group) is 1. The normalized spacial score (nSPS) is 18.2. The number of carbonyl (C=O) groups excluding carboxylic acids is 1. The SMILES string of the molecule is CN1CCN(S(=O)(=O)NCc2ccc3c(c2)CN(C(=O)[C@H](N)Cc2ccc(Cl)cc2Cl)C3)CC1. The third-order valence-electron chi connectivity index (χ3n) is 6.34. The van der Waals surface area contributed by atoms with Crippen molar-refractivity contribution in [1.82, 2.24) is 18.8 Å². The largest absolute Gasteiger partial charge is 0.333 e. The van der Waals surface area contributed by atoms with Gasteiger partial charge in [-0.25, -0.2) is 0 Å². The molecule has 2 aliphatic rings. The second-order valence-corrected chi connectivity index (χ2v) is 11.5. The highest BCUT2D eigenvalue weighted by molar-refractivity contribution is 7.87. The predicted octanol–water partition coefficient (Wildman–Crippen LogP) is 1.99. The van der Waals surface area contributed by atoms with Gasteiger partial charge in [-0.3, -0.25) is 4.79 Å². The highest BCUT2D eigenvalue weighted by atomic mass is 35.5. The van der Waals surface area contributed by atoms with Gasteiger partial charge in [0.25, 0.3) is 10.2 Å². The summed E-state index contributed by atoms with van der Waals surface area (Å²) in [5.41, 5.74) is 9.87. The Morgan fingerprint density at radius 3 is 2.47 bits per heavy atom. The molecule has 2 aromatic carbocycles. The van der Waals surface area contributed by atoms with Crippen molar-refractivity contribution in [2.24, 2.45) is 5.73 Å². The number of halogens is 2. The van der Waals surface area contributed by atoms with Gasteiger partial charge in [0, 0.05) is 55.9 Å². The van der Waals surface area contributed by atoms with E-state index in [0.29, 0.717) is 42.6 Å². The first-order valence-electron chi connectivity index (χ1n) is 11.1. The van der Waals surface area contributed by atoms with E-state index in [9.17, 15) is 13.2 Å². The average molecular weight is 526 g/mol. The highest BCUT2D eigenvalue weighted by Gasteiger charge is 2.29. The quantitative estimate of drug-likeness (QED) is 0.575. The van der Waals surface area contributed by atoms with Crippen LogP contribution < -0.4 is 10.5 Å². The molecule has 0 bridgehead atoms. The summed E-state index contributed by atoms with van der Waals surface area (Å²) >= 11 is 12.2. The zero-order chi connectivity index (χ0) is 24.5. The minimum Gasteiger partial charge on any atom is -0.333 e. The van der Waals surface area contributed by atoms with Gasteiger partial charge in [0.15, 0.2) is 0 Å². The molecule has 2 aliphatic heterocycles. The van der Waals surface area contributed by atoms with Crippen LogP contribution in [0.4, 0.5) is 0 Å². The third kappa shape index (κ3) is 5.91. The molecule has 11 heteroatoms. The summed E-state index contributed by atoms with van der Waals surface area (Å²) in [6.07, 6.45) is 0.320. The fourth-order valence-corrected chi connectivity index (χ4v) is 5.92. The zero-order valence-electron chi connectivity index (χ0n) is 19.0. The number of amides is 1. The van der Waals surface area contributed by atoms with E-state index >= 15 is 0 Å². The van der Waals surface area contributed by atoms with Crippen molar-refractivity contribution in [3.8, 4) is 0 Å². The van der Waals surface area contributed by atoms with Crippen LogP contribution in [0.25, 0.3) is 0 Å². The summed E-state index contributed by atoms with van der Waals surface area (Å²) in [6, 6.07) is 10.2. The van der Waals surface area contributed by atoms with Crippen molar-refractivity contribution in [2.75, 3.05) is 33.2 Å². The van der Waals surface area contributed by atoms with Crippen molar-refractivity contribution in [3.63, 3.8) is 0 Å². The Balaban J connectivity index is 1.34. The molecule has 0 aliphatic carbocycles. The molecule has 0 spiro atoms. The first-order chi connectivity index (χ1) is 16.1. The standard InChI is InChI=1S/C23H29Cl2N5O3S/c1-28-6-8-30(9-7-28)34(32,33)27-13-16-2-3-18-14-29(15-19(18)10-16)23(31)22(26)11-17-4-5-20(24)12-21(17)25/h2-5,10,12,22,27H,6-9,11,13-15,26H2,1H3/t22-/m1/s1. The number of piperazine rings is 1. The summed E-state index contributed by atoms with van der Waals surface area (Å²) in [5, 5.41) is 1.02. The van der Waals surface area contributed by atoms with E-state index < -0.39 is 16.3 Å². The Kier molecular flexibility index (Phi) is 7.83. The number of hydrogen-bond acceptors (Lipinski definition) is 5. The Morgan fingerprint density at radius 2 is 1.76 bits per heavy atom. The van der Waals surface area contributed by atoms with Crippen LogP contribution in [0.1, 0.15) is 22.3 Å². The monoisotopic (exact) mass is 525 g/mol. The summed E-state index contributed by atoms with van der Waals surface area (Å²) in [5.74, 6) is -0.153. The summed E-state index contributed by atoms with van der Waals surface area (Å²) in [7, 11) is -1.55. The van der Waals surface area contributed by atoms with Crippen LogP contribution in [0.5, 0.6) is 0 Å². The van der Waals surface area contributed by atoms with Gasteiger partial charge in [-0.05, 0) is 47.9 Å². The van der Waals surface area contributed by atoms with Gasteiger partial charge in [0.05, 0.1) is 6.04 Å². The molecule has 0 radical (unpaired) electrons. The number of nitrogens with one attached hydrogen (secondary N) is 1. The van der Waals surface area contributed by atoms with Crippen LogP contribution in [-0.2, 0) is 41.1 Å². The van der Waals surface area contributed by atoms with E-state index in [1.54, 1.807) is 23.1 Å². The van der Waals surface area contributed by atoms with Crippen molar-refractivity contribution >= 4 is 39.3 Å². The fraction of sp³-hybridized carbons (Fsp3) is 0.435. The molecule has 1 amide bonds. The minimum absolute atomic E-state index is 0.153. The van der Waals surface area contributed by atoms with E-state index in [2.05, 4.69) is 9.62 Å². The molecule has 2 heterocycles. The van der Waals surface area contributed by atoms with Crippen LogP contribution in [0.15, 0.2) is 36.4 Å². The number of nitrogens with two attached hydrogens (primary N) is 1. The minimum atomic E-state index is -3.53. The summed E-state index contributed by atoms with van der Waals surface area (Å²) in [6.45, 7) is 3.51. The highest BCUT2D eigenvalue weighted by Crippen LogP contribution is 2.26.